The Balaban J connectivity index is 2.37. The number of aryl methyl sites for hydroxylation is 1. The fourth-order valence-corrected chi connectivity index (χ4v) is 2.04. The van der Waals surface area contributed by atoms with Gasteiger partial charge in [0.25, 0.3) is 0 Å². The molecular formula is C14H18N2. The van der Waals surface area contributed by atoms with Crippen LogP contribution in [0.15, 0.2) is 30.5 Å². The third-order valence-electron chi connectivity index (χ3n) is 2.81. The molecule has 0 radical (unpaired) electrons. The molecule has 2 heteroatoms. The van der Waals surface area contributed by atoms with Gasteiger partial charge in [-0.2, -0.15) is 0 Å². The monoisotopic (exact) mass is 214 g/mol. The molecule has 0 atom stereocenters. The Morgan fingerprint density at radius 3 is 2.94 bits per heavy atom. The lowest BCUT2D eigenvalue weighted by Gasteiger charge is -2.09. The van der Waals surface area contributed by atoms with Crippen LogP contribution in [-0.4, -0.2) is 11.5 Å². The number of nitrogens with zero attached hydrogens (tertiary/aromatic N) is 1. The first kappa shape index (κ1) is 11.1. The lowest BCUT2D eigenvalue weighted by atomic mass is 10.0. The second kappa shape index (κ2) is 5.08. The first-order valence-corrected chi connectivity index (χ1v) is 5.87. The number of hydrogen-bond donors (Lipinski definition) is 1. The molecule has 0 unspecified atom stereocenters. The maximum absolute atomic E-state index is 4.37. The lowest BCUT2D eigenvalue weighted by molar-refractivity contribution is 0.678. The van der Waals surface area contributed by atoms with Crippen LogP contribution in [-0.2, 0) is 6.54 Å². The van der Waals surface area contributed by atoms with Crippen molar-refractivity contribution < 1.29 is 0 Å². The number of hydrogen-bond acceptors (Lipinski definition) is 2. The summed E-state index contributed by atoms with van der Waals surface area (Å²) in [6.45, 7) is 6.25. The Hall–Kier alpha value is -1.41. The number of nitrogens with one attached hydrogen (secondary N) is 1. The molecule has 0 saturated heterocycles. The van der Waals surface area contributed by atoms with Crippen molar-refractivity contribution in [2.45, 2.75) is 26.8 Å². The zero-order valence-electron chi connectivity index (χ0n) is 9.96. The maximum atomic E-state index is 4.37. The molecule has 1 aromatic carbocycles. The van der Waals surface area contributed by atoms with Crippen molar-refractivity contribution >= 4 is 10.8 Å². The Morgan fingerprint density at radius 2 is 2.12 bits per heavy atom. The minimum atomic E-state index is 0.928. The Morgan fingerprint density at radius 1 is 1.25 bits per heavy atom. The fraction of sp³-hybridized carbons (Fsp3) is 0.357. The smallest absolute Gasteiger partial charge is 0.0454 e. The van der Waals surface area contributed by atoms with Gasteiger partial charge >= 0.3 is 0 Å². The first-order valence-electron chi connectivity index (χ1n) is 5.87. The van der Waals surface area contributed by atoms with Gasteiger partial charge in [0.15, 0.2) is 0 Å². The molecule has 0 amide bonds. The summed E-state index contributed by atoms with van der Waals surface area (Å²) in [7, 11) is 0. The summed E-state index contributed by atoms with van der Waals surface area (Å²) in [4.78, 5) is 4.37. The summed E-state index contributed by atoms with van der Waals surface area (Å²) in [5, 5.41) is 6.02. The van der Waals surface area contributed by atoms with Crippen LogP contribution in [0.3, 0.4) is 0 Å². The van der Waals surface area contributed by atoms with Gasteiger partial charge in [0.1, 0.15) is 0 Å². The molecule has 0 aliphatic heterocycles. The maximum Gasteiger partial charge on any atom is 0.0454 e. The molecule has 0 spiro atoms. The highest BCUT2D eigenvalue weighted by molar-refractivity contribution is 5.87. The van der Waals surface area contributed by atoms with Crippen LogP contribution in [0.2, 0.25) is 0 Å². The fourth-order valence-electron chi connectivity index (χ4n) is 2.04. The highest BCUT2D eigenvalue weighted by atomic mass is 14.8. The number of aromatic nitrogens is 1. The van der Waals surface area contributed by atoms with Crippen molar-refractivity contribution in [3.8, 4) is 0 Å². The van der Waals surface area contributed by atoms with Gasteiger partial charge in [-0.05, 0) is 36.9 Å². The van der Waals surface area contributed by atoms with Crippen molar-refractivity contribution in [2.75, 3.05) is 6.54 Å². The number of pyridine rings is 1. The Kier molecular flexibility index (Phi) is 3.52. The molecule has 0 aliphatic carbocycles. The van der Waals surface area contributed by atoms with Gasteiger partial charge in [-0.1, -0.05) is 25.1 Å². The third kappa shape index (κ3) is 2.22. The molecule has 84 valence electrons. The summed E-state index contributed by atoms with van der Waals surface area (Å²) in [5.41, 5.74) is 2.46. The zero-order valence-corrected chi connectivity index (χ0v) is 9.96. The average Bonchev–Trinajstić information content (AvgIpc) is 2.30. The van der Waals surface area contributed by atoms with Crippen molar-refractivity contribution in [3.05, 3.63) is 41.7 Å². The highest BCUT2D eigenvalue weighted by Gasteiger charge is 2.03. The van der Waals surface area contributed by atoms with E-state index in [0.29, 0.717) is 0 Å². The van der Waals surface area contributed by atoms with Crippen LogP contribution >= 0.6 is 0 Å². The molecule has 0 saturated carbocycles. The predicted octanol–water partition coefficient (Wildman–Crippen LogP) is 3.04. The molecule has 2 aromatic rings. The van der Waals surface area contributed by atoms with Gasteiger partial charge in [-0.25, -0.2) is 0 Å². The van der Waals surface area contributed by atoms with E-state index in [9.17, 15) is 0 Å². The van der Waals surface area contributed by atoms with Gasteiger partial charge in [-0.3, -0.25) is 4.98 Å². The summed E-state index contributed by atoms with van der Waals surface area (Å²) < 4.78 is 0. The van der Waals surface area contributed by atoms with Crippen molar-refractivity contribution in [1.29, 1.82) is 0 Å². The number of rotatable bonds is 4. The Bertz CT molecular complexity index is 472. The second-order valence-corrected chi connectivity index (χ2v) is 4.09. The van der Waals surface area contributed by atoms with E-state index in [2.05, 4.69) is 48.4 Å². The van der Waals surface area contributed by atoms with Gasteiger partial charge in [0, 0.05) is 23.8 Å². The Labute approximate surface area is 96.7 Å². The largest absolute Gasteiger partial charge is 0.313 e. The molecule has 1 N–H and O–H groups in total. The summed E-state index contributed by atoms with van der Waals surface area (Å²) >= 11 is 0. The van der Waals surface area contributed by atoms with Gasteiger partial charge in [0.2, 0.25) is 0 Å². The van der Waals surface area contributed by atoms with Crippen LogP contribution in [0.1, 0.15) is 24.6 Å². The van der Waals surface area contributed by atoms with Crippen LogP contribution in [0.5, 0.6) is 0 Å². The van der Waals surface area contributed by atoms with Gasteiger partial charge in [0.05, 0.1) is 0 Å². The van der Waals surface area contributed by atoms with E-state index in [-0.39, 0.29) is 0 Å². The minimum absolute atomic E-state index is 0.928. The molecule has 0 bridgehead atoms. The van der Waals surface area contributed by atoms with E-state index >= 15 is 0 Å². The third-order valence-corrected chi connectivity index (χ3v) is 2.81. The molecule has 1 heterocycles. The first-order chi connectivity index (χ1) is 7.83. The molecule has 2 rings (SSSR count). The quantitative estimate of drug-likeness (QED) is 0.791. The summed E-state index contributed by atoms with van der Waals surface area (Å²) in [5.74, 6) is 0. The van der Waals surface area contributed by atoms with E-state index in [1.165, 1.54) is 22.8 Å². The van der Waals surface area contributed by atoms with Crippen LogP contribution in [0.25, 0.3) is 10.8 Å². The summed E-state index contributed by atoms with van der Waals surface area (Å²) in [6, 6.07) is 8.52. The molecule has 0 fully saturated rings. The minimum Gasteiger partial charge on any atom is -0.313 e. The topological polar surface area (TPSA) is 24.9 Å². The van der Waals surface area contributed by atoms with E-state index in [1.54, 1.807) is 0 Å². The van der Waals surface area contributed by atoms with E-state index in [0.717, 1.165) is 18.8 Å². The van der Waals surface area contributed by atoms with Crippen molar-refractivity contribution in [2.24, 2.45) is 0 Å². The molecule has 0 aliphatic rings. The number of fused-ring (bicyclic) bond motifs is 1. The van der Waals surface area contributed by atoms with Crippen LogP contribution in [0, 0.1) is 6.92 Å². The second-order valence-electron chi connectivity index (χ2n) is 4.09. The number of benzene rings is 1. The van der Waals surface area contributed by atoms with Crippen molar-refractivity contribution in [3.63, 3.8) is 0 Å². The van der Waals surface area contributed by atoms with Gasteiger partial charge in [-0.15, -0.1) is 0 Å². The zero-order chi connectivity index (χ0) is 11.4. The van der Waals surface area contributed by atoms with E-state index in [1.807, 2.05) is 6.20 Å². The standard InChI is InChI=1S/C14H18N2/c1-3-8-15-10-13-6-4-5-12-7-9-16-11(2)14(12)13/h4-7,9,15H,3,8,10H2,1-2H3. The molecular weight excluding hydrogens is 196 g/mol. The lowest BCUT2D eigenvalue weighted by Crippen LogP contribution is -2.14. The average molecular weight is 214 g/mol. The SMILES string of the molecule is CCCNCc1cccc2ccnc(C)c12. The molecule has 16 heavy (non-hydrogen) atoms. The van der Waals surface area contributed by atoms with Crippen LogP contribution in [0.4, 0.5) is 0 Å². The van der Waals surface area contributed by atoms with E-state index < -0.39 is 0 Å². The van der Waals surface area contributed by atoms with Gasteiger partial charge < -0.3 is 5.32 Å². The molecule has 1 aromatic heterocycles. The summed E-state index contributed by atoms with van der Waals surface area (Å²) in [6.07, 6.45) is 3.04. The van der Waals surface area contributed by atoms with E-state index in [4.69, 9.17) is 0 Å². The van der Waals surface area contributed by atoms with Crippen LogP contribution < -0.4 is 5.32 Å². The highest BCUT2D eigenvalue weighted by Crippen LogP contribution is 2.20. The predicted molar refractivity (Wildman–Crippen MR) is 68.5 cm³/mol. The normalized spacial score (nSPS) is 10.9. The van der Waals surface area contributed by atoms with Crippen molar-refractivity contribution in [1.82, 2.24) is 10.3 Å². The molecule has 2 nitrogen and oxygen atoms in total.